The van der Waals surface area contributed by atoms with Gasteiger partial charge in [0.25, 0.3) is 0 Å². The Labute approximate surface area is 416 Å². The second kappa shape index (κ2) is 42.5. The molecule has 2 aliphatic rings. The smallest absolute Gasteiger partial charge is 0.306 e. The number of carbonyl (C=O) groups excluding carboxylic acids is 1. The van der Waals surface area contributed by atoms with Crippen molar-refractivity contribution in [3.63, 3.8) is 0 Å². The van der Waals surface area contributed by atoms with Crippen LogP contribution >= 0.6 is 0 Å². The predicted octanol–water partition coefficient (Wildman–Crippen LogP) is 8.74. The summed E-state index contributed by atoms with van der Waals surface area (Å²) in [5.74, 6) is -0.392. The molecule has 7 N–H and O–H groups in total. The van der Waals surface area contributed by atoms with Crippen LogP contribution in [0.5, 0.6) is 0 Å². The zero-order valence-corrected chi connectivity index (χ0v) is 42.8. The topological polar surface area (TPSA) is 214 Å². The number of rotatable bonds is 43. The zero-order valence-electron chi connectivity index (χ0n) is 42.8. The van der Waals surface area contributed by atoms with Crippen LogP contribution in [0.2, 0.25) is 0 Å². The summed E-state index contributed by atoms with van der Waals surface area (Å²) in [4.78, 5) is 13.0. The molecule has 0 radical (unpaired) electrons. The lowest BCUT2D eigenvalue weighted by Gasteiger charge is -2.42. The van der Waals surface area contributed by atoms with Crippen molar-refractivity contribution in [3.8, 4) is 0 Å². The number of aliphatic hydroxyl groups excluding tert-OH is 7. The minimum Gasteiger partial charge on any atom is -0.457 e. The third kappa shape index (κ3) is 29.9. The molecule has 14 nitrogen and oxygen atoms in total. The lowest BCUT2D eigenvalue weighted by Crippen LogP contribution is -2.61. The fourth-order valence-corrected chi connectivity index (χ4v) is 8.34. The first-order valence-corrected chi connectivity index (χ1v) is 27.2. The average Bonchev–Trinajstić information content (AvgIpc) is 3.35. The standard InChI is InChI=1S/C55H98O14/c1-3-5-7-9-11-13-15-17-19-21-22-23-25-27-29-31-33-35-37-39-64-41-44(67-47(57)38-36-34-32-30-28-26-24-20-18-16-14-12-10-8-6-4-2)42-65-54-53(63)51(61)49(59)46(69-54)43-66-55-52(62)50(60)48(58)45(40-56)68-55/h13-16,19-21,24,44-46,48-56,58-63H,3-12,17-18,22-23,25-43H2,1-2H3/b15-13-,16-14-,21-19-,24-20-. The highest BCUT2D eigenvalue weighted by atomic mass is 16.7. The highest BCUT2D eigenvalue weighted by Crippen LogP contribution is 2.26. The number of allylic oxidation sites excluding steroid dienone is 8. The Morgan fingerprint density at radius 3 is 1.39 bits per heavy atom. The summed E-state index contributed by atoms with van der Waals surface area (Å²) in [5.41, 5.74) is 0. The van der Waals surface area contributed by atoms with E-state index in [1.54, 1.807) is 0 Å². The average molecular weight is 983 g/mol. The zero-order chi connectivity index (χ0) is 50.2. The van der Waals surface area contributed by atoms with E-state index in [1.807, 2.05) is 0 Å². The first kappa shape index (κ1) is 63.1. The molecule has 2 rings (SSSR count). The van der Waals surface area contributed by atoms with Gasteiger partial charge in [-0.2, -0.15) is 0 Å². The van der Waals surface area contributed by atoms with E-state index in [1.165, 1.54) is 89.9 Å². The molecular weight excluding hydrogens is 885 g/mol. The highest BCUT2D eigenvalue weighted by Gasteiger charge is 2.47. The van der Waals surface area contributed by atoms with Crippen molar-refractivity contribution in [3.05, 3.63) is 48.6 Å². The van der Waals surface area contributed by atoms with Crippen LogP contribution in [-0.2, 0) is 33.2 Å². The van der Waals surface area contributed by atoms with Gasteiger partial charge >= 0.3 is 5.97 Å². The second-order valence-corrected chi connectivity index (χ2v) is 19.0. The van der Waals surface area contributed by atoms with Gasteiger partial charge in [-0.25, -0.2) is 0 Å². The first-order valence-electron chi connectivity index (χ1n) is 27.2. The normalized spacial score (nSPS) is 26.0. The van der Waals surface area contributed by atoms with Gasteiger partial charge in [-0.15, -0.1) is 0 Å². The first-order chi connectivity index (χ1) is 33.6. The monoisotopic (exact) mass is 983 g/mol. The summed E-state index contributed by atoms with van der Waals surface area (Å²) in [5, 5.41) is 72.2. The van der Waals surface area contributed by atoms with Crippen molar-refractivity contribution in [1.29, 1.82) is 0 Å². The van der Waals surface area contributed by atoms with Gasteiger partial charge in [0.1, 0.15) is 54.9 Å². The largest absolute Gasteiger partial charge is 0.457 e. The van der Waals surface area contributed by atoms with Crippen molar-refractivity contribution in [1.82, 2.24) is 0 Å². The molecule has 2 aliphatic heterocycles. The molecule has 0 saturated carbocycles. The third-order valence-corrected chi connectivity index (χ3v) is 12.8. The van der Waals surface area contributed by atoms with Gasteiger partial charge in [0.15, 0.2) is 12.6 Å². The SMILES string of the molecule is CCCCCC/C=C\C/C=C\CCCCCCCCCCOCC(COC1OC(COC2OC(CO)C(O)C(O)C2O)C(O)C(O)C1O)OC(=O)CCCCCCC/C=C\C/C=C\CCCCCC. The molecule has 0 bridgehead atoms. The van der Waals surface area contributed by atoms with Gasteiger partial charge in [0, 0.05) is 13.0 Å². The van der Waals surface area contributed by atoms with Crippen molar-refractivity contribution in [2.45, 2.75) is 261 Å². The van der Waals surface area contributed by atoms with Gasteiger partial charge in [-0.05, 0) is 77.0 Å². The van der Waals surface area contributed by atoms with Crippen LogP contribution in [0, 0.1) is 0 Å². The fraction of sp³-hybridized carbons (Fsp3) is 0.836. The van der Waals surface area contributed by atoms with E-state index in [0.29, 0.717) is 13.0 Å². The molecule has 11 unspecified atom stereocenters. The Hall–Kier alpha value is -2.05. The summed E-state index contributed by atoms with van der Waals surface area (Å²) >= 11 is 0. The highest BCUT2D eigenvalue weighted by molar-refractivity contribution is 5.69. The quantitative estimate of drug-likeness (QED) is 0.0173. The van der Waals surface area contributed by atoms with E-state index in [4.69, 9.17) is 28.4 Å². The fourth-order valence-electron chi connectivity index (χ4n) is 8.34. The van der Waals surface area contributed by atoms with E-state index in [9.17, 15) is 40.5 Å². The number of hydrogen-bond acceptors (Lipinski definition) is 14. The lowest BCUT2D eigenvalue weighted by molar-refractivity contribution is -0.332. The number of aliphatic hydroxyl groups is 7. The Kier molecular flexibility index (Phi) is 38.8. The molecule has 2 heterocycles. The Bertz CT molecular complexity index is 1320. The molecule has 0 aromatic carbocycles. The second-order valence-electron chi connectivity index (χ2n) is 19.0. The van der Waals surface area contributed by atoms with Crippen LogP contribution in [0.15, 0.2) is 48.6 Å². The number of ether oxygens (including phenoxy) is 6. The van der Waals surface area contributed by atoms with Gasteiger partial charge in [-0.1, -0.05) is 159 Å². The van der Waals surface area contributed by atoms with E-state index in [-0.39, 0.29) is 19.6 Å². The van der Waals surface area contributed by atoms with Crippen molar-refractivity contribution in [2.75, 3.05) is 33.0 Å². The van der Waals surface area contributed by atoms with Crippen molar-refractivity contribution in [2.24, 2.45) is 0 Å². The van der Waals surface area contributed by atoms with Crippen LogP contribution in [0.3, 0.4) is 0 Å². The summed E-state index contributed by atoms with van der Waals surface area (Å²) in [6.07, 6.45) is 33.1. The molecule has 2 saturated heterocycles. The molecule has 0 amide bonds. The maximum Gasteiger partial charge on any atom is 0.306 e. The predicted molar refractivity (Wildman–Crippen MR) is 270 cm³/mol. The molecule has 402 valence electrons. The van der Waals surface area contributed by atoms with Gasteiger partial charge in [-0.3, -0.25) is 4.79 Å². The van der Waals surface area contributed by atoms with E-state index in [0.717, 1.165) is 77.0 Å². The number of unbranched alkanes of at least 4 members (excludes halogenated alkanes) is 21. The Morgan fingerprint density at radius 1 is 0.478 bits per heavy atom. The molecule has 11 atom stereocenters. The number of esters is 1. The maximum atomic E-state index is 13.0. The van der Waals surface area contributed by atoms with Gasteiger partial charge in [0.2, 0.25) is 0 Å². The van der Waals surface area contributed by atoms with Crippen LogP contribution in [0.1, 0.15) is 194 Å². The molecule has 14 heteroatoms. The molecule has 0 aromatic rings. The summed E-state index contributed by atoms with van der Waals surface area (Å²) in [6.45, 7) is 3.63. The summed E-state index contributed by atoms with van der Waals surface area (Å²) in [6, 6.07) is 0. The van der Waals surface area contributed by atoms with Gasteiger partial charge in [0.05, 0.1) is 26.4 Å². The van der Waals surface area contributed by atoms with E-state index >= 15 is 0 Å². The van der Waals surface area contributed by atoms with Crippen molar-refractivity contribution >= 4 is 5.97 Å². The van der Waals surface area contributed by atoms with Crippen LogP contribution in [0.25, 0.3) is 0 Å². The minimum atomic E-state index is -1.71. The summed E-state index contributed by atoms with van der Waals surface area (Å²) < 4.78 is 34.3. The van der Waals surface area contributed by atoms with E-state index in [2.05, 4.69) is 62.5 Å². The Morgan fingerprint density at radius 2 is 0.899 bits per heavy atom. The third-order valence-electron chi connectivity index (χ3n) is 12.8. The number of hydrogen-bond donors (Lipinski definition) is 7. The molecular formula is C55H98O14. The molecule has 0 spiro atoms. The van der Waals surface area contributed by atoms with Crippen LogP contribution in [-0.4, -0.2) is 142 Å². The molecule has 2 fully saturated rings. The molecule has 69 heavy (non-hydrogen) atoms. The number of carbonyl (C=O) groups is 1. The van der Waals surface area contributed by atoms with Gasteiger partial charge < -0.3 is 64.2 Å². The minimum absolute atomic E-state index is 0.0510. The Balaban J connectivity index is 1.76. The maximum absolute atomic E-state index is 13.0. The summed E-state index contributed by atoms with van der Waals surface area (Å²) in [7, 11) is 0. The molecule has 0 aliphatic carbocycles. The van der Waals surface area contributed by atoms with Crippen LogP contribution in [0.4, 0.5) is 0 Å². The van der Waals surface area contributed by atoms with Crippen LogP contribution < -0.4 is 0 Å². The molecule has 0 aromatic heterocycles. The van der Waals surface area contributed by atoms with Crippen molar-refractivity contribution < 1.29 is 69.0 Å². The lowest BCUT2D eigenvalue weighted by atomic mass is 9.98. The van der Waals surface area contributed by atoms with E-state index < -0.39 is 86.7 Å².